The summed E-state index contributed by atoms with van der Waals surface area (Å²) in [6.07, 6.45) is 0. The van der Waals surface area contributed by atoms with Crippen molar-refractivity contribution in [2.75, 3.05) is 10.6 Å². The second-order valence-corrected chi connectivity index (χ2v) is 7.01. The van der Waals surface area contributed by atoms with Crippen LogP contribution in [0.3, 0.4) is 0 Å². The SMILES string of the molecule is Cc1cc(S(N)(=O)=O)cc(NC(=S)Nc2ccc(F)cc2)c1C. The van der Waals surface area contributed by atoms with E-state index >= 15 is 0 Å². The monoisotopic (exact) mass is 353 g/mol. The van der Waals surface area contributed by atoms with Gasteiger partial charge in [-0.2, -0.15) is 0 Å². The van der Waals surface area contributed by atoms with E-state index < -0.39 is 10.0 Å². The molecule has 5 nitrogen and oxygen atoms in total. The molecule has 0 aromatic heterocycles. The Morgan fingerprint density at radius 3 is 2.30 bits per heavy atom. The summed E-state index contributed by atoms with van der Waals surface area (Å²) in [7, 11) is -3.81. The first-order valence-electron chi connectivity index (χ1n) is 6.64. The normalized spacial score (nSPS) is 11.1. The minimum Gasteiger partial charge on any atom is -0.332 e. The Morgan fingerprint density at radius 1 is 1.13 bits per heavy atom. The Kier molecular flexibility index (Phi) is 4.98. The number of benzene rings is 2. The molecule has 0 unspecified atom stereocenters. The molecule has 23 heavy (non-hydrogen) atoms. The van der Waals surface area contributed by atoms with Gasteiger partial charge in [0.05, 0.1) is 4.90 Å². The van der Waals surface area contributed by atoms with Crippen molar-refractivity contribution < 1.29 is 12.8 Å². The van der Waals surface area contributed by atoms with Crippen LogP contribution in [-0.2, 0) is 10.0 Å². The number of primary sulfonamides is 1. The maximum absolute atomic E-state index is 12.9. The van der Waals surface area contributed by atoms with Gasteiger partial charge in [-0.15, -0.1) is 0 Å². The van der Waals surface area contributed by atoms with Gasteiger partial charge in [-0.25, -0.2) is 17.9 Å². The summed E-state index contributed by atoms with van der Waals surface area (Å²) < 4.78 is 35.9. The molecule has 122 valence electrons. The number of hydrogen-bond donors (Lipinski definition) is 3. The molecule has 4 N–H and O–H groups in total. The average molecular weight is 353 g/mol. The summed E-state index contributed by atoms with van der Waals surface area (Å²) in [5, 5.41) is 11.3. The highest BCUT2D eigenvalue weighted by atomic mass is 32.2. The van der Waals surface area contributed by atoms with Gasteiger partial charge in [0.2, 0.25) is 10.0 Å². The van der Waals surface area contributed by atoms with E-state index in [9.17, 15) is 12.8 Å². The van der Waals surface area contributed by atoms with E-state index in [1.54, 1.807) is 19.1 Å². The van der Waals surface area contributed by atoms with Crippen LogP contribution in [0.2, 0.25) is 0 Å². The minimum absolute atomic E-state index is 0.00711. The van der Waals surface area contributed by atoms with Crippen molar-refractivity contribution in [3.8, 4) is 0 Å². The number of sulfonamides is 1. The largest absolute Gasteiger partial charge is 0.332 e. The fourth-order valence-electron chi connectivity index (χ4n) is 1.94. The summed E-state index contributed by atoms with van der Waals surface area (Å²) >= 11 is 5.19. The first-order chi connectivity index (χ1) is 10.7. The van der Waals surface area contributed by atoms with E-state index in [2.05, 4.69) is 10.6 Å². The predicted octanol–water partition coefficient (Wildman–Crippen LogP) is 2.90. The average Bonchev–Trinajstić information content (AvgIpc) is 2.45. The highest BCUT2D eigenvalue weighted by Gasteiger charge is 2.13. The number of halogens is 1. The fraction of sp³-hybridized carbons (Fsp3) is 0.133. The third-order valence-electron chi connectivity index (χ3n) is 3.32. The molecule has 2 aromatic carbocycles. The molecule has 2 rings (SSSR count). The van der Waals surface area contributed by atoms with E-state index in [4.69, 9.17) is 17.4 Å². The highest BCUT2D eigenvalue weighted by molar-refractivity contribution is 7.89. The Balaban J connectivity index is 2.23. The molecule has 0 spiro atoms. The Labute approximate surface area is 139 Å². The van der Waals surface area contributed by atoms with Gasteiger partial charge < -0.3 is 10.6 Å². The van der Waals surface area contributed by atoms with Crippen molar-refractivity contribution in [1.29, 1.82) is 0 Å². The van der Waals surface area contributed by atoms with Crippen molar-refractivity contribution in [3.05, 3.63) is 53.3 Å². The number of thiocarbonyl (C=S) groups is 1. The van der Waals surface area contributed by atoms with Gasteiger partial charge in [-0.3, -0.25) is 0 Å². The van der Waals surface area contributed by atoms with E-state index in [1.807, 2.05) is 6.92 Å². The molecule has 8 heteroatoms. The molecule has 0 radical (unpaired) electrons. The van der Waals surface area contributed by atoms with Crippen LogP contribution in [0.1, 0.15) is 11.1 Å². The first kappa shape index (κ1) is 17.3. The lowest BCUT2D eigenvalue weighted by Gasteiger charge is -2.15. The molecule has 0 aliphatic rings. The van der Waals surface area contributed by atoms with E-state index in [-0.39, 0.29) is 15.8 Å². The lowest BCUT2D eigenvalue weighted by molar-refractivity contribution is 0.597. The van der Waals surface area contributed by atoms with Gasteiger partial charge in [0.15, 0.2) is 5.11 Å². The van der Waals surface area contributed by atoms with Gasteiger partial charge in [0.1, 0.15) is 5.82 Å². The first-order valence-corrected chi connectivity index (χ1v) is 8.60. The Hall–Kier alpha value is -2.03. The second-order valence-electron chi connectivity index (χ2n) is 5.04. The van der Waals surface area contributed by atoms with Gasteiger partial charge >= 0.3 is 0 Å². The highest BCUT2D eigenvalue weighted by Crippen LogP contribution is 2.23. The van der Waals surface area contributed by atoms with Crippen molar-refractivity contribution in [2.24, 2.45) is 5.14 Å². The number of aryl methyl sites for hydroxylation is 1. The zero-order chi connectivity index (χ0) is 17.2. The number of nitrogens with two attached hydrogens (primary N) is 1. The molecule has 0 atom stereocenters. The second kappa shape index (κ2) is 6.61. The summed E-state index contributed by atoms with van der Waals surface area (Å²) in [6.45, 7) is 3.62. The quantitative estimate of drug-likeness (QED) is 0.739. The fourth-order valence-corrected chi connectivity index (χ4v) is 2.79. The number of nitrogens with one attached hydrogen (secondary N) is 2. The van der Waals surface area contributed by atoms with Crippen LogP contribution in [0.25, 0.3) is 0 Å². The van der Waals surface area contributed by atoms with Crippen molar-refractivity contribution >= 4 is 38.7 Å². The molecule has 2 aromatic rings. The zero-order valence-corrected chi connectivity index (χ0v) is 14.2. The van der Waals surface area contributed by atoms with E-state index in [0.717, 1.165) is 11.1 Å². The van der Waals surface area contributed by atoms with Gasteiger partial charge in [-0.1, -0.05) is 0 Å². The number of anilines is 2. The maximum Gasteiger partial charge on any atom is 0.238 e. The van der Waals surface area contributed by atoms with Crippen molar-refractivity contribution in [2.45, 2.75) is 18.7 Å². The van der Waals surface area contributed by atoms with Crippen LogP contribution in [0, 0.1) is 19.7 Å². The molecule has 0 saturated heterocycles. The van der Waals surface area contributed by atoms with Crippen LogP contribution in [0.15, 0.2) is 41.3 Å². The van der Waals surface area contributed by atoms with Gasteiger partial charge in [0, 0.05) is 11.4 Å². The van der Waals surface area contributed by atoms with Crippen LogP contribution in [0.5, 0.6) is 0 Å². The molecule has 0 aliphatic heterocycles. The molecule has 0 amide bonds. The van der Waals surface area contributed by atoms with Crippen LogP contribution in [-0.4, -0.2) is 13.5 Å². The summed E-state index contributed by atoms with van der Waals surface area (Å²) in [6, 6.07) is 8.64. The molecule has 0 bridgehead atoms. The summed E-state index contributed by atoms with van der Waals surface area (Å²) in [5.41, 5.74) is 2.76. The van der Waals surface area contributed by atoms with Gasteiger partial charge in [0.25, 0.3) is 0 Å². The van der Waals surface area contributed by atoms with Crippen LogP contribution >= 0.6 is 12.2 Å². The smallest absolute Gasteiger partial charge is 0.238 e. The topological polar surface area (TPSA) is 84.2 Å². The Morgan fingerprint density at radius 2 is 1.74 bits per heavy atom. The van der Waals surface area contributed by atoms with Gasteiger partial charge in [-0.05, 0) is 73.6 Å². The Bertz CT molecular complexity index is 850. The zero-order valence-electron chi connectivity index (χ0n) is 12.6. The maximum atomic E-state index is 12.9. The van der Waals surface area contributed by atoms with Crippen LogP contribution < -0.4 is 15.8 Å². The molecular formula is C15H16FN3O2S2. The van der Waals surface area contributed by atoms with E-state index in [1.165, 1.54) is 24.3 Å². The minimum atomic E-state index is -3.81. The van der Waals surface area contributed by atoms with Crippen molar-refractivity contribution in [3.63, 3.8) is 0 Å². The van der Waals surface area contributed by atoms with Crippen LogP contribution in [0.4, 0.5) is 15.8 Å². The number of hydrogen-bond acceptors (Lipinski definition) is 3. The lowest BCUT2D eigenvalue weighted by Crippen LogP contribution is -2.20. The molecule has 0 heterocycles. The molecule has 0 saturated carbocycles. The summed E-state index contributed by atoms with van der Waals surface area (Å²) in [4.78, 5) is 0.00711. The third-order valence-corrected chi connectivity index (χ3v) is 4.42. The predicted molar refractivity (Wildman–Crippen MR) is 93.5 cm³/mol. The summed E-state index contributed by atoms with van der Waals surface area (Å²) in [5.74, 6) is -0.346. The molecule has 0 fully saturated rings. The number of rotatable bonds is 3. The standard InChI is InChI=1S/C15H16FN3O2S2/c1-9-7-13(23(17,20)21)8-14(10(9)2)19-15(22)18-12-5-3-11(16)4-6-12/h3-8H,1-2H3,(H2,17,20,21)(H2,18,19,22). The van der Waals surface area contributed by atoms with E-state index in [0.29, 0.717) is 11.4 Å². The lowest BCUT2D eigenvalue weighted by atomic mass is 10.1. The molecule has 0 aliphatic carbocycles. The van der Waals surface area contributed by atoms with Crippen molar-refractivity contribution in [1.82, 2.24) is 0 Å². The third kappa shape index (κ3) is 4.47. The molecular weight excluding hydrogens is 337 g/mol.